The molecule has 2 aromatic carbocycles. The molecule has 168 valence electrons. The van der Waals surface area contributed by atoms with Crippen LogP contribution in [-0.4, -0.2) is 65.2 Å². The Kier molecular flexibility index (Phi) is 6.37. The van der Waals surface area contributed by atoms with Crippen LogP contribution in [0.4, 0.5) is 5.69 Å². The number of hydrogen-bond donors (Lipinski definition) is 0. The lowest BCUT2D eigenvalue weighted by molar-refractivity contribution is 0.103. The average molecular weight is 437 g/mol. The summed E-state index contributed by atoms with van der Waals surface area (Å²) in [4.78, 5) is 18.4. The highest BCUT2D eigenvalue weighted by molar-refractivity contribution is 6.13. The third kappa shape index (κ3) is 4.16. The minimum atomic E-state index is -0.119. The summed E-state index contributed by atoms with van der Waals surface area (Å²) in [5, 5.41) is 0. The van der Waals surface area contributed by atoms with Crippen LogP contribution in [0, 0.1) is 0 Å². The van der Waals surface area contributed by atoms with Crippen LogP contribution in [0.3, 0.4) is 0 Å². The van der Waals surface area contributed by atoms with Crippen LogP contribution in [0.1, 0.15) is 15.9 Å². The Balaban J connectivity index is 1.81. The maximum absolute atomic E-state index is 13.8. The van der Waals surface area contributed by atoms with Crippen LogP contribution >= 0.6 is 0 Å². The first-order chi connectivity index (χ1) is 15.5. The largest absolute Gasteiger partial charge is 0.493 e. The normalized spacial score (nSPS) is 14.3. The van der Waals surface area contributed by atoms with E-state index in [4.69, 9.17) is 18.6 Å². The van der Waals surface area contributed by atoms with E-state index in [0.717, 1.165) is 37.4 Å². The second-order valence-corrected chi connectivity index (χ2v) is 7.74. The van der Waals surface area contributed by atoms with Gasteiger partial charge in [-0.15, -0.1) is 0 Å². The van der Waals surface area contributed by atoms with Crippen molar-refractivity contribution in [3.8, 4) is 28.6 Å². The fraction of sp³-hybridized carbons (Fsp3) is 0.320. The molecule has 1 fully saturated rings. The number of hydrogen-bond acceptors (Lipinski definition) is 7. The predicted octanol–water partition coefficient (Wildman–Crippen LogP) is 3.96. The molecule has 2 heterocycles. The number of likely N-dealkylation sites (N-methyl/N-ethyl adjacent to an activating group) is 1. The number of ether oxygens (including phenoxy) is 3. The smallest absolute Gasteiger partial charge is 0.203 e. The molecule has 0 spiro atoms. The highest BCUT2D eigenvalue weighted by atomic mass is 16.5. The van der Waals surface area contributed by atoms with Crippen LogP contribution in [0.5, 0.6) is 17.2 Å². The number of methoxy groups -OCH3 is 3. The molecule has 0 amide bonds. The first kappa shape index (κ1) is 21.8. The molecule has 0 aliphatic carbocycles. The van der Waals surface area contributed by atoms with Crippen LogP contribution in [0.15, 0.2) is 53.1 Å². The molecule has 3 aromatic rings. The maximum atomic E-state index is 13.8. The Morgan fingerprint density at radius 3 is 2.16 bits per heavy atom. The van der Waals surface area contributed by atoms with Crippen molar-refractivity contribution in [3.63, 3.8) is 0 Å². The quantitative estimate of drug-likeness (QED) is 0.520. The number of ketones is 1. The first-order valence-electron chi connectivity index (χ1n) is 10.5. The molecule has 0 bridgehead atoms. The van der Waals surface area contributed by atoms with Crippen molar-refractivity contribution in [2.24, 2.45) is 0 Å². The number of anilines is 1. The van der Waals surface area contributed by atoms with Gasteiger partial charge in [0.05, 0.1) is 27.6 Å². The number of rotatable bonds is 7. The molecule has 4 rings (SSSR count). The van der Waals surface area contributed by atoms with Gasteiger partial charge in [0.15, 0.2) is 17.3 Å². The van der Waals surface area contributed by atoms with Crippen molar-refractivity contribution in [2.75, 3.05) is 59.5 Å². The SMILES string of the molecule is COc1cc(C(=O)c2cc(-c3ccco3)ccc2N2CCN(C)CC2)cc(OC)c1OC. The Labute approximate surface area is 188 Å². The number of piperazine rings is 1. The van der Waals surface area contributed by atoms with Crippen LogP contribution in [0.2, 0.25) is 0 Å². The zero-order valence-corrected chi connectivity index (χ0v) is 18.9. The van der Waals surface area contributed by atoms with E-state index in [1.807, 2.05) is 30.3 Å². The number of carbonyl (C=O) groups is 1. The van der Waals surface area contributed by atoms with Gasteiger partial charge in [0.2, 0.25) is 5.75 Å². The van der Waals surface area contributed by atoms with Gasteiger partial charge in [-0.05, 0) is 49.5 Å². The monoisotopic (exact) mass is 436 g/mol. The summed E-state index contributed by atoms with van der Waals surface area (Å²) in [7, 11) is 6.73. The lowest BCUT2D eigenvalue weighted by Crippen LogP contribution is -2.45. The summed E-state index contributed by atoms with van der Waals surface area (Å²) in [5.41, 5.74) is 2.83. The molecular weight excluding hydrogens is 408 g/mol. The minimum absolute atomic E-state index is 0.119. The third-order valence-corrected chi connectivity index (χ3v) is 5.82. The summed E-state index contributed by atoms with van der Waals surface area (Å²) in [6.07, 6.45) is 1.63. The van der Waals surface area contributed by atoms with Crippen molar-refractivity contribution < 1.29 is 23.4 Å². The predicted molar refractivity (Wildman–Crippen MR) is 123 cm³/mol. The highest BCUT2D eigenvalue weighted by Crippen LogP contribution is 2.39. The average Bonchev–Trinajstić information content (AvgIpc) is 3.38. The molecule has 1 aliphatic rings. The lowest BCUT2D eigenvalue weighted by Gasteiger charge is -2.35. The fourth-order valence-electron chi connectivity index (χ4n) is 4.00. The summed E-state index contributed by atoms with van der Waals surface area (Å²) in [6, 6.07) is 13.0. The molecule has 7 heteroatoms. The van der Waals surface area contributed by atoms with Crippen molar-refractivity contribution in [3.05, 3.63) is 59.9 Å². The van der Waals surface area contributed by atoms with E-state index in [-0.39, 0.29) is 5.78 Å². The molecule has 1 saturated heterocycles. The fourth-order valence-corrected chi connectivity index (χ4v) is 4.00. The maximum Gasteiger partial charge on any atom is 0.203 e. The Bertz CT molecular complexity index is 1060. The van der Waals surface area contributed by atoms with Crippen LogP contribution in [-0.2, 0) is 0 Å². The molecule has 0 atom stereocenters. The van der Waals surface area contributed by atoms with Crippen LogP contribution in [0.25, 0.3) is 11.3 Å². The van der Waals surface area contributed by atoms with Gasteiger partial charge in [-0.2, -0.15) is 0 Å². The van der Waals surface area contributed by atoms with Crippen molar-refractivity contribution >= 4 is 11.5 Å². The molecule has 0 N–H and O–H groups in total. The molecule has 7 nitrogen and oxygen atoms in total. The summed E-state index contributed by atoms with van der Waals surface area (Å²) in [6.45, 7) is 3.59. The Hall–Kier alpha value is -3.45. The van der Waals surface area contributed by atoms with E-state index < -0.39 is 0 Å². The molecule has 0 saturated carbocycles. The van der Waals surface area contributed by atoms with E-state index in [9.17, 15) is 4.79 Å². The first-order valence-corrected chi connectivity index (χ1v) is 10.5. The molecule has 1 aromatic heterocycles. The van der Waals surface area contributed by atoms with E-state index >= 15 is 0 Å². The van der Waals surface area contributed by atoms with Gasteiger partial charge < -0.3 is 28.4 Å². The van der Waals surface area contributed by atoms with Gasteiger partial charge in [-0.1, -0.05) is 0 Å². The van der Waals surface area contributed by atoms with Gasteiger partial charge in [-0.3, -0.25) is 4.79 Å². The van der Waals surface area contributed by atoms with E-state index in [1.165, 1.54) is 0 Å². The van der Waals surface area contributed by atoms with Crippen LogP contribution < -0.4 is 19.1 Å². The van der Waals surface area contributed by atoms with Crippen molar-refractivity contribution in [1.29, 1.82) is 0 Å². The molecule has 0 radical (unpaired) electrons. The van der Waals surface area contributed by atoms with E-state index in [1.54, 1.807) is 39.7 Å². The minimum Gasteiger partial charge on any atom is -0.493 e. The second-order valence-electron chi connectivity index (χ2n) is 7.74. The molecule has 0 unspecified atom stereocenters. The second kappa shape index (κ2) is 9.36. The van der Waals surface area contributed by atoms with Crippen molar-refractivity contribution in [2.45, 2.75) is 0 Å². The number of carbonyl (C=O) groups excluding carboxylic acids is 1. The Morgan fingerprint density at radius 2 is 1.59 bits per heavy atom. The van der Waals surface area contributed by atoms with Gasteiger partial charge in [0.25, 0.3) is 0 Å². The topological polar surface area (TPSA) is 64.4 Å². The standard InChI is InChI=1S/C25H28N2O5/c1-26-9-11-27(12-10-26)20-8-7-17(21-6-5-13-32-21)14-19(20)24(28)18-15-22(29-2)25(31-4)23(16-18)30-3/h5-8,13-16H,9-12H2,1-4H3. The number of benzene rings is 2. The van der Waals surface area contributed by atoms with E-state index in [0.29, 0.717) is 34.1 Å². The van der Waals surface area contributed by atoms with E-state index in [2.05, 4.69) is 16.8 Å². The third-order valence-electron chi connectivity index (χ3n) is 5.82. The molecule has 1 aliphatic heterocycles. The number of nitrogens with zero attached hydrogens (tertiary/aromatic N) is 2. The highest BCUT2D eigenvalue weighted by Gasteiger charge is 2.24. The van der Waals surface area contributed by atoms with Gasteiger partial charge in [-0.25, -0.2) is 0 Å². The van der Waals surface area contributed by atoms with Crippen molar-refractivity contribution in [1.82, 2.24) is 4.90 Å². The lowest BCUT2D eigenvalue weighted by atomic mass is 9.97. The summed E-state index contributed by atoms with van der Waals surface area (Å²) in [5.74, 6) is 1.94. The summed E-state index contributed by atoms with van der Waals surface area (Å²) < 4.78 is 21.9. The zero-order chi connectivity index (χ0) is 22.7. The zero-order valence-electron chi connectivity index (χ0n) is 18.9. The van der Waals surface area contributed by atoms with Gasteiger partial charge >= 0.3 is 0 Å². The Morgan fingerprint density at radius 1 is 0.906 bits per heavy atom. The number of furan rings is 1. The summed E-state index contributed by atoms with van der Waals surface area (Å²) >= 11 is 0. The van der Waals surface area contributed by atoms with Gasteiger partial charge in [0, 0.05) is 48.6 Å². The molecule has 32 heavy (non-hydrogen) atoms. The molecular formula is C25H28N2O5. The van der Waals surface area contributed by atoms with Gasteiger partial charge in [0.1, 0.15) is 5.76 Å².